The zero-order chi connectivity index (χ0) is 32.4. The quantitative estimate of drug-likeness (QED) is 0.0674. The molecule has 10 heteroatoms. The standard InChI is InChI=1S/C36H37N3O4S3/c1-35(34(42)43-2)25-45-33(39-35)30-24-44-32(38-30)23-37-31(41)22-29(40)20-12-13-21-46-36(26-14-6-3-7-15-26,27-16-8-4-9-17-27)28-18-10-5-11-19-28/h3-12,14-20,24,29,40H,13,21-23,25H2,1-2H3,(H,37,41)/b20-12+/t29-,35+/m1/s1. The topological polar surface area (TPSA) is 101 Å². The number of carbonyl (C=O) groups is 2. The molecule has 4 aromatic rings. The number of allylic oxidation sites excluding steroid dienone is 1. The summed E-state index contributed by atoms with van der Waals surface area (Å²) >= 11 is 4.74. The Bertz CT molecular complexity index is 1560. The Balaban J connectivity index is 1.14. The van der Waals surface area contributed by atoms with Gasteiger partial charge in [0.25, 0.3) is 0 Å². The van der Waals surface area contributed by atoms with E-state index < -0.39 is 16.4 Å². The first-order valence-electron chi connectivity index (χ1n) is 15.0. The number of aromatic nitrogens is 1. The van der Waals surface area contributed by atoms with Crippen LogP contribution in [0.5, 0.6) is 0 Å². The highest BCUT2D eigenvalue weighted by atomic mass is 32.2. The van der Waals surface area contributed by atoms with Crippen molar-refractivity contribution in [3.8, 4) is 0 Å². The van der Waals surface area contributed by atoms with Crippen LogP contribution in [0.4, 0.5) is 0 Å². The van der Waals surface area contributed by atoms with Crippen LogP contribution in [-0.4, -0.2) is 57.3 Å². The highest BCUT2D eigenvalue weighted by Crippen LogP contribution is 2.48. The average Bonchev–Trinajstić information content (AvgIpc) is 3.74. The molecule has 1 aliphatic rings. The Labute approximate surface area is 282 Å². The lowest BCUT2D eigenvalue weighted by Gasteiger charge is -2.35. The third kappa shape index (κ3) is 7.98. The van der Waals surface area contributed by atoms with Crippen LogP contribution in [-0.2, 0) is 25.6 Å². The molecule has 0 bridgehead atoms. The third-order valence-electron chi connectivity index (χ3n) is 7.57. The molecule has 238 valence electrons. The van der Waals surface area contributed by atoms with Crippen LogP contribution in [0, 0.1) is 0 Å². The zero-order valence-electron chi connectivity index (χ0n) is 25.8. The van der Waals surface area contributed by atoms with E-state index in [1.165, 1.54) is 46.9 Å². The van der Waals surface area contributed by atoms with Gasteiger partial charge in [-0.1, -0.05) is 103 Å². The van der Waals surface area contributed by atoms with E-state index in [4.69, 9.17) is 4.74 Å². The molecule has 2 heterocycles. The summed E-state index contributed by atoms with van der Waals surface area (Å²) in [4.78, 5) is 33.7. The molecule has 0 unspecified atom stereocenters. The van der Waals surface area contributed by atoms with Gasteiger partial charge in [0.2, 0.25) is 5.91 Å². The Kier molecular flexibility index (Phi) is 11.5. The molecular formula is C36H37N3O4S3. The number of thiazole rings is 1. The Morgan fingerprint density at radius 1 is 1.02 bits per heavy atom. The van der Waals surface area contributed by atoms with Crippen LogP contribution in [0.25, 0.3) is 0 Å². The van der Waals surface area contributed by atoms with Crippen molar-refractivity contribution in [1.29, 1.82) is 0 Å². The van der Waals surface area contributed by atoms with Crippen molar-refractivity contribution in [3.05, 3.63) is 136 Å². The normalized spacial score (nSPS) is 17.1. The zero-order valence-corrected chi connectivity index (χ0v) is 28.2. The second kappa shape index (κ2) is 15.7. The van der Waals surface area contributed by atoms with Gasteiger partial charge in [0.15, 0.2) is 5.54 Å². The van der Waals surface area contributed by atoms with Crippen molar-refractivity contribution in [1.82, 2.24) is 10.3 Å². The number of hydrogen-bond acceptors (Lipinski definition) is 9. The maximum atomic E-state index is 12.6. The fraction of sp³-hybridized carbons (Fsp3) is 0.278. The van der Waals surface area contributed by atoms with Gasteiger partial charge in [-0.3, -0.25) is 9.79 Å². The van der Waals surface area contributed by atoms with E-state index in [1.807, 2.05) is 41.4 Å². The van der Waals surface area contributed by atoms with E-state index in [9.17, 15) is 14.7 Å². The number of nitrogens with zero attached hydrogens (tertiary/aromatic N) is 2. The van der Waals surface area contributed by atoms with E-state index in [0.717, 1.165) is 17.2 Å². The second-order valence-corrected chi connectivity index (χ2v) is 14.2. The highest BCUT2D eigenvalue weighted by Gasteiger charge is 2.40. The monoisotopic (exact) mass is 671 g/mol. The Morgan fingerprint density at radius 3 is 2.17 bits per heavy atom. The van der Waals surface area contributed by atoms with E-state index in [-0.39, 0.29) is 24.8 Å². The van der Waals surface area contributed by atoms with Gasteiger partial charge < -0.3 is 15.2 Å². The number of aliphatic imine (C=N–C) groups is 1. The molecular weight excluding hydrogens is 635 g/mol. The van der Waals surface area contributed by atoms with Crippen molar-refractivity contribution < 1.29 is 19.4 Å². The molecule has 0 radical (unpaired) electrons. The molecule has 2 atom stereocenters. The van der Waals surface area contributed by atoms with Crippen molar-refractivity contribution >= 4 is 51.8 Å². The maximum absolute atomic E-state index is 12.6. The van der Waals surface area contributed by atoms with Crippen LogP contribution in [0.2, 0.25) is 0 Å². The Morgan fingerprint density at radius 2 is 1.61 bits per heavy atom. The second-order valence-electron chi connectivity index (χ2n) is 11.0. The summed E-state index contributed by atoms with van der Waals surface area (Å²) in [5.41, 5.74) is 3.40. The first-order valence-corrected chi connectivity index (χ1v) is 17.9. The minimum absolute atomic E-state index is 0.0378. The number of aliphatic hydroxyl groups excluding tert-OH is 1. The number of benzene rings is 3. The molecule has 1 aliphatic heterocycles. The number of nitrogens with one attached hydrogen (secondary N) is 1. The summed E-state index contributed by atoms with van der Waals surface area (Å²) in [5, 5.41) is 16.7. The summed E-state index contributed by atoms with van der Waals surface area (Å²) in [6.07, 6.45) is 3.45. The molecule has 0 spiro atoms. The number of ether oxygens (including phenoxy) is 1. The molecule has 5 rings (SSSR count). The van der Waals surface area contributed by atoms with Crippen LogP contribution >= 0.6 is 34.9 Å². The van der Waals surface area contributed by atoms with Crippen LogP contribution in [0.1, 0.15) is 47.2 Å². The van der Waals surface area contributed by atoms with E-state index >= 15 is 0 Å². The molecule has 1 amide bonds. The predicted molar refractivity (Wildman–Crippen MR) is 189 cm³/mol. The number of thioether (sulfide) groups is 2. The van der Waals surface area contributed by atoms with Gasteiger partial charge >= 0.3 is 5.97 Å². The van der Waals surface area contributed by atoms with Crippen LogP contribution < -0.4 is 5.32 Å². The molecule has 0 saturated heterocycles. The van der Waals surface area contributed by atoms with E-state index in [1.54, 1.807) is 13.0 Å². The molecule has 1 aromatic heterocycles. The number of methoxy groups -OCH3 is 1. The predicted octanol–water partition coefficient (Wildman–Crippen LogP) is 6.61. The lowest BCUT2D eigenvalue weighted by molar-refractivity contribution is -0.145. The van der Waals surface area contributed by atoms with Gasteiger partial charge in [0.05, 0.1) is 30.9 Å². The van der Waals surface area contributed by atoms with Gasteiger partial charge in [-0.05, 0) is 35.8 Å². The number of amides is 1. The lowest BCUT2D eigenvalue weighted by atomic mass is 9.84. The highest BCUT2D eigenvalue weighted by molar-refractivity contribution is 8.14. The minimum atomic E-state index is -0.913. The minimum Gasteiger partial charge on any atom is -0.467 e. The fourth-order valence-electron chi connectivity index (χ4n) is 5.25. The Hall–Kier alpha value is -3.70. The molecule has 2 N–H and O–H groups in total. The fourth-order valence-corrected chi connectivity index (χ4v) is 8.63. The molecule has 7 nitrogen and oxygen atoms in total. The van der Waals surface area contributed by atoms with Crippen molar-refractivity contribution in [2.75, 3.05) is 18.6 Å². The van der Waals surface area contributed by atoms with Crippen molar-refractivity contribution in [3.63, 3.8) is 0 Å². The number of rotatable bonds is 14. The number of aliphatic hydroxyl groups is 1. The summed E-state index contributed by atoms with van der Waals surface area (Å²) in [6, 6.07) is 31.7. The first-order chi connectivity index (χ1) is 22.3. The summed E-state index contributed by atoms with van der Waals surface area (Å²) in [7, 11) is 1.36. The smallest absolute Gasteiger partial charge is 0.334 e. The van der Waals surface area contributed by atoms with Gasteiger partial charge in [-0.2, -0.15) is 0 Å². The van der Waals surface area contributed by atoms with Crippen molar-refractivity contribution in [2.24, 2.45) is 4.99 Å². The molecule has 0 aliphatic carbocycles. The van der Waals surface area contributed by atoms with E-state index in [0.29, 0.717) is 16.5 Å². The lowest BCUT2D eigenvalue weighted by Crippen LogP contribution is -2.34. The van der Waals surface area contributed by atoms with Crippen LogP contribution in [0.3, 0.4) is 0 Å². The molecule has 0 fully saturated rings. The summed E-state index contributed by atoms with van der Waals surface area (Å²) in [5.74, 6) is 0.675. The van der Waals surface area contributed by atoms with Gasteiger partial charge in [0, 0.05) is 11.1 Å². The summed E-state index contributed by atoms with van der Waals surface area (Å²) < 4.78 is 4.48. The van der Waals surface area contributed by atoms with Crippen molar-refractivity contribution in [2.45, 2.75) is 42.7 Å². The van der Waals surface area contributed by atoms with Gasteiger partial charge in [-0.15, -0.1) is 34.9 Å². The molecule has 46 heavy (non-hydrogen) atoms. The number of hydrogen-bond donors (Lipinski definition) is 2. The molecule has 0 saturated carbocycles. The average molecular weight is 672 g/mol. The summed E-state index contributed by atoms with van der Waals surface area (Å²) in [6.45, 7) is 2.00. The number of carbonyl (C=O) groups excluding carboxylic acids is 2. The first kappa shape index (κ1) is 33.7. The maximum Gasteiger partial charge on any atom is 0.334 e. The van der Waals surface area contributed by atoms with Crippen LogP contribution in [0.15, 0.2) is 114 Å². The number of esters is 1. The third-order valence-corrected chi connectivity index (χ3v) is 11.3. The van der Waals surface area contributed by atoms with Gasteiger partial charge in [0.1, 0.15) is 15.7 Å². The van der Waals surface area contributed by atoms with E-state index in [2.05, 4.69) is 88.1 Å². The SMILES string of the molecule is COC(=O)[C@]1(C)CSC(c2csc(CNC(=O)C[C@H](O)/C=C/CCSC(c3ccccc3)(c3ccccc3)c3ccccc3)n2)=N1. The molecule has 3 aromatic carbocycles. The largest absolute Gasteiger partial charge is 0.467 e. The van der Waals surface area contributed by atoms with Gasteiger partial charge in [-0.25, -0.2) is 9.78 Å².